The van der Waals surface area contributed by atoms with Crippen LogP contribution in [0, 0.1) is 11.8 Å². The van der Waals surface area contributed by atoms with E-state index in [-0.39, 0.29) is 24.3 Å². The van der Waals surface area contributed by atoms with Crippen LogP contribution < -0.4 is 4.90 Å². The number of likely N-dealkylation sites (tertiary alicyclic amines) is 1. The normalized spacial score (nSPS) is 29.1. The summed E-state index contributed by atoms with van der Waals surface area (Å²) < 4.78 is 12.5. The standard InChI is InChI=1S/C35H50N4O6/c1-4-17-37(21-20-36-22-25-44-26-23-36)33(43)30-35-16-15-34(6-3,45-35)28(29(35)32(42)39(30)19-11-8-12-24-40)31(41)38(18-5-2)27-13-9-7-10-14-27/h4-5,7,9-10,13-14,28-30,40H,1-2,6,8,11-12,15-26H2,3H3/t28-,29-,30?,34+,35?/m0/s1. The van der Waals surface area contributed by atoms with E-state index in [9.17, 15) is 19.5 Å². The number of benzene rings is 1. The number of aliphatic hydroxyl groups excluding tert-OH is 1. The third-order valence-electron chi connectivity index (χ3n) is 10.3. The van der Waals surface area contributed by atoms with Crippen LogP contribution in [0.5, 0.6) is 0 Å². The number of para-hydroxylation sites is 1. The summed E-state index contributed by atoms with van der Waals surface area (Å²) in [6.45, 7) is 15.1. The molecule has 2 unspecified atom stereocenters. The van der Waals surface area contributed by atoms with E-state index < -0.39 is 29.1 Å². The molecule has 4 aliphatic rings. The smallest absolute Gasteiger partial charge is 0.248 e. The number of ether oxygens (including phenoxy) is 2. The number of nitrogens with zero attached hydrogens (tertiary/aromatic N) is 4. The molecule has 1 spiro atoms. The fraction of sp³-hybridized carbons (Fsp3) is 0.629. The zero-order valence-electron chi connectivity index (χ0n) is 26.8. The van der Waals surface area contributed by atoms with Gasteiger partial charge in [-0.3, -0.25) is 19.3 Å². The van der Waals surface area contributed by atoms with Crippen LogP contribution in [0.25, 0.3) is 0 Å². The molecule has 1 aromatic rings. The van der Waals surface area contributed by atoms with Crippen LogP contribution in [-0.4, -0.2) is 120 Å². The van der Waals surface area contributed by atoms with E-state index >= 15 is 0 Å². The van der Waals surface area contributed by atoms with Crippen molar-refractivity contribution >= 4 is 23.4 Å². The monoisotopic (exact) mass is 622 g/mol. The molecule has 0 aromatic heterocycles. The van der Waals surface area contributed by atoms with Crippen molar-refractivity contribution in [2.45, 2.75) is 62.7 Å². The van der Waals surface area contributed by atoms with Crippen molar-refractivity contribution in [3.63, 3.8) is 0 Å². The van der Waals surface area contributed by atoms with Gasteiger partial charge in [-0.2, -0.15) is 0 Å². The first-order chi connectivity index (χ1) is 21.9. The van der Waals surface area contributed by atoms with Gasteiger partial charge in [-0.25, -0.2) is 0 Å². The number of carbonyl (C=O) groups is 3. The number of rotatable bonds is 16. The first-order valence-corrected chi connectivity index (χ1v) is 16.7. The number of aliphatic hydroxyl groups is 1. The van der Waals surface area contributed by atoms with Gasteiger partial charge in [0, 0.05) is 58.1 Å². The van der Waals surface area contributed by atoms with Crippen molar-refractivity contribution in [3.8, 4) is 0 Å². The summed E-state index contributed by atoms with van der Waals surface area (Å²) in [5, 5.41) is 9.37. The Bertz CT molecular complexity index is 1220. The van der Waals surface area contributed by atoms with Crippen LogP contribution in [0.4, 0.5) is 5.69 Å². The number of morpholine rings is 1. The van der Waals surface area contributed by atoms with E-state index in [0.717, 1.165) is 25.2 Å². The highest BCUT2D eigenvalue weighted by Gasteiger charge is 2.79. The molecule has 10 heteroatoms. The molecule has 45 heavy (non-hydrogen) atoms. The summed E-state index contributed by atoms with van der Waals surface area (Å²) in [5.41, 5.74) is -1.18. The van der Waals surface area contributed by atoms with Gasteiger partial charge in [-0.05, 0) is 50.7 Å². The second-order valence-corrected chi connectivity index (χ2v) is 12.7. The number of hydrogen-bond donors (Lipinski definition) is 1. The quantitative estimate of drug-likeness (QED) is 0.224. The minimum Gasteiger partial charge on any atom is -0.396 e. The number of carbonyl (C=O) groups excluding carboxylic acids is 3. The molecule has 1 N–H and O–H groups in total. The lowest BCUT2D eigenvalue weighted by molar-refractivity contribution is -0.152. The van der Waals surface area contributed by atoms with Crippen LogP contribution in [0.2, 0.25) is 0 Å². The summed E-state index contributed by atoms with van der Waals surface area (Å²) in [4.78, 5) is 51.5. The molecule has 2 bridgehead atoms. The summed E-state index contributed by atoms with van der Waals surface area (Å²) in [6.07, 6.45) is 7.16. The largest absolute Gasteiger partial charge is 0.396 e. The Balaban J connectivity index is 1.50. The molecule has 4 heterocycles. The SMILES string of the molecule is C=CCN(CCN1CCOCC1)C(=O)C1N(CCCCCO)C(=O)[C@@H]2[C@@H](C(=O)N(CC=C)c3ccccc3)[C@@]3(CC)CCC12O3. The second-order valence-electron chi connectivity index (χ2n) is 12.7. The van der Waals surface area contributed by atoms with Gasteiger partial charge in [0.25, 0.3) is 0 Å². The van der Waals surface area contributed by atoms with Crippen molar-refractivity contribution < 1.29 is 29.0 Å². The summed E-state index contributed by atoms with van der Waals surface area (Å²) >= 11 is 0. The van der Waals surface area contributed by atoms with Gasteiger partial charge in [0.15, 0.2) is 0 Å². The van der Waals surface area contributed by atoms with Crippen molar-refractivity contribution in [1.82, 2.24) is 14.7 Å². The molecule has 5 rings (SSSR count). The topological polar surface area (TPSA) is 103 Å². The molecule has 246 valence electrons. The minimum atomic E-state index is -1.09. The second kappa shape index (κ2) is 14.6. The molecule has 4 fully saturated rings. The van der Waals surface area contributed by atoms with Crippen molar-refractivity contribution in [1.29, 1.82) is 0 Å². The van der Waals surface area contributed by atoms with Crippen molar-refractivity contribution in [3.05, 3.63) is 55.6 Å². The van der Waals surface area contributed by atoms with Crippen LogP contribution in [0.3, 0.4) is 0 Å². The fourth-order valence-corrected chi connectivity index (χ4v) is 8.12. The van der Waals surface area contributed by atoms with Gasteiger partial charge in [-0.1, -0.05) is 37.3 Å². The fourth-order valence-electron chi connectivity index (χ4n) is 8.12. The van der Waals surface area contributed by atoms with Gasteiger partial charge < -0.3 is 29.3 Å². The molecule has 1 aromatic carbocycles. The molecule has 10 nitrogen and oxygen atoms in total. The van der Waals surface area contributed by atoms with E-state index in [0.29, 0.717) is 78.0 Å². The van der Waals surface area contributed by atoms with E-state index in [4.69, 9.17) is 9.47 Å². The Morgan fingerprint density at radius 2 is 1.76 bits per heavy atom. The van der Waals surface area contributed by atoms with Crippen LogP contribution in [-0.2, 0) is 23.9 Å². The summed E-state index contributed by atoms with van der Waals surface area (Å²) in [5.74, 6) is -1.96. The maximum atomic E-state index is 14.7. The van der Waals surface area contributed by atoms with Gasteiger partial charge >= 0.3 is 0 Å². The first kappa shape index (κ1) is 33.3. The summed E-state index contributed by atoms with van der Waals surface area (Å²) in [6, 6.07) is 8.64. The Morgan fingerprint density at radius 1 is 1.02 bits per heavy atom. The maximum Gasteiger partial charge on any atom is 0.248 e. The highest BCUT2D eigenvalue weighted by Crippen LogP contribution is 2.64. The number of amides is 3. The minimum absolute atomic E-state index is 0.0782. The maximum absolute atomic E-state index is 14.7. The first-order valence-electron chi connectivity index (χ1n) is 16.7. The van der Waals surface area contributed by atoms with E-state index in [1.54, 1.807) is 26.9 Å². The molecular formula is C35H50N4O6. The lowest BCUT2D eigenvalue weighted by Gasteiger charge is -2.37. The van der Waals surface area contributed by atoms with Crippen LogP contribution in [0.15, 0.2) is 55.6 Å². The molecule has 0 aliphatic carbocycles. The van der Waals surface area contributed by atoms with E-state index in [2.05, 4.69) is 18.1 Å². The molecule has 5 atom stereocenters. The summed E-state index contributed by atoms with van der Waals surface area (Å²) in [7, 11) is 0. The van der Waals surface area contributed by atoms with Crippen molar-refractivity contribution in [2.24, 2.45) is 11.8 Å². The molecular weight excluding hydrogens is 572 g/mol. The lowest BCUT2D eigenvalue weighted by atomic mass is 9.64. The van der Waals surface area contributed by atoms with Gasteiger partial charge in [0.05, 0.1) is 30.7 Å². The Labute approximate surface area is 267 Å². The predicted octanol–water partition coefficient (Wildman–Crippen LogP) is 2.87. The number of anilines is 1. The number of fused-ring (bicyclic) bond motifs is 1. The zero-order valence-corrected chi connectivity index (χ0v) is 26.8. The van der Waals surface area contributed by atoms with E-state index in [1.807, 2.05) is 37.3 Å². The average molecular weight is 623 g/mol. The van der Waals surface area contributed by atoms with Gasteiger partial charge in [0.1, 0.15) is 11.6 Å². The molecule has 4 aliphatic heterocycles. The molecule has 3 amide bonds. The highest BCUT2D eigenvalue weighted by molar-refractivity contribution is 6.03. The van der Waals surface area contributed by atoms with E-state index in [1.165, 1.54) is 0 Å². The molecule has 4 saturated heterocycles. The number of unbranched alkanes of at least 4 members (excludes halogenated alkanes) is 2. The Morgan fingerprint density at radius 3 is 2.42 bits per heavy atom. The third-order valence-corrected chi connectivity index (χ3v) is 10.3. The van der Waals surface area contributed by atoms with Crippen LogP contribution >= 0.6 is 0 Å². The Hall–Kier alpha value is -3.05. The zero-order chi connectivity index (χ0) is 32.0. The average Bonchev–Trinajstić information content (AvgIpc) is 3.67. The van der Waals surface area contributed by atoms with Crippen LogP contribution in [0.1, 0.15) is 45.4 Å². The van der Waals surface area contributed by atoms with Gasteiger partial charge in [-0.15, -0.1) is 13.2 Å². The number of hydrogen-bond acceptors (Lipinski definition) is 7. The predicted molar refractivity (Wildman–Crippen MR) is 173 cm³/mol. The van der Waals surface area contributed by atoms with Gasteiger partial charge in [0.2, 0.25) is 17.7 Å². The molecule has 0 saturated carbocycles. The molecule has 0 radical (unpaired) electrons. The lowest BCUT2D eigenvalue weighted by Crippen LogP contribution is -2.57. The third kappa shape index (κ3) is 6.22. The van der Waals surface area contributed by atoms with Crippen molar-refractivity contribution in [2.75, 3.05) is 70.5 Å². The highest BCUT2D eigenvalue weighted by atomic mass is 16.5. The Kier molecular flexibility index (Phi) is 10.8.